The lowest BCUT2D eigenvalue weighted by atomic mass is 10.1. The molecule has 114 valence electrons. The first-order valence-electron chi connectivity index (χ1n) is 6.69. The molecular formula is C15H20N2O2S2. The highest BCUT2D eigenvalue weighted by atomic mass is 32.2. The van der Waals surface area contributed by atoms with Gasteiger partial charge in [-0.1, -0.05) is 24.3 Å². The SMILES string of the molecule is CNCc1cccc(CS(=O)(=O)N(C)Cc2ccsc2)c1. The van der Waals surface area contributed by atoms with Crippen LogP contribution in [0, 0.1) is 0 Å². The molecule has 0 aliphatic rings. The molecule has 0 unspecified atom stereocenters. The number of rotatable bonds is 7. The normalized spacial score (nSPS) is 12.0. The Kier molecular flexibility index (Phi) is 5.52. The van der Waals surface area contributed by atoms with E-state index in [1.165, 1.54) is 4.31 Å². The third kappa shape index (κ3) is 4.64. The van der Waals surface area contributed by atoms with Gasteiger partial charge in [-0.2, -0.15) is 11.3 Å². The molecular weight excluding hydrogens is 304 g/mol. The third-order valence-electron chi connectivity index (χ3n) is 3.18. The summed E-state index contributed by atoms with van der Waals surface area (Å²) in [6, 6.07) is 9.63. The monoisotopic (exact) mass is 324 g/mol. The highest BCUT2D eigenvalue weighted by Crippen LogP contribution is 2.15. The van der Waals surface area contributed by atoms with Crippen LogP contribution in [-0.2, 0) is 28.9 Å². The number of nitrogens with zero attached hydrogens (tertiary/aromatic N) is 1. The molecule has 0 bridgehead atoms. The Morgan fingerprint density at radius 3 is 2.62 bits per heavy atom. The molecule has 1 aromatic carbocycles. The van der Waals surface area contributed by atoms with Crippen molar-refractivity contribution < 1.29 is 8.42 Å². The van der Waals surface area contributed by atoms with Crippen molar-refractivity contribution in [2.24, 2.45) is 0 Å². The third-order valence-corrected chi connectivity index (χ3v) is 5.69. The Hall–Kier alpha value is -1.21. The maximum atomic E-state index is 12.4. The predicted molar refractivity (Wildman–Crippen MR) is 87.6 cm³/mol. The van der Waals surface area contributed by atoms with Crippen LogP contribution in [0.2, 0.25) is 0 Å². The Bertz CT molecular complexity index is 667. The summed E-state index contributed by atoms with van der Waals surface area (Å²) in [6.07, 6.45) is 0. The molecule has 0 saturated carbocycles. The van der Waals surface area contributed by atoms with Crippen molar-refractivity contribution in [2.75, 3.05) is 14.1 Å². The van der Waals surface area contributed by atoms with Crippen LogP contribution in [0.4, 0.5) is 0 Å². The zero-order valence-electron chi connectivity index (χ0n) is 12.2. The van der Waals surface area contributed by atoms with E-state index in [4.69, 9.17) is 0 Å². The van der Waals surface area contributed by atoms with Gasteiger partial charge in [-0.3, -0.25) is 0 Å². The maximum absolute atomic E-state index is 12.4. The Morgan fingerprint density at radius 2 is 1.95 bits per heavy atom. The van der Waals surface area contributed by atoms with E-state index in [9.17, 15) is 8.42 Å². The average Bonchev–Trinajstić information content (AvgIpc) is 2.92. The Labute approximate surface area is 130 Å². The molecule has 1 aromatic heterocycles. The molecule has 0 amide bonds. The number of thiophene rings is 1. The van der Waals surface area contributed by atoms with E-state index in [1.54, 1.807) is 18.4 Å². The van der Waals surface area contributed by atoms with Gasteiger partial charge in [0, 0.05) is 20.1 Å². The summed E-state index contributed by atoms with van der Waals surface area (Å²) in [5.41, 5.74) is 2.93. The second-order valence-electron chi connectivity index (χ2n) is 4.99. The standard InChI is InChI=1S/C15H20N2O2S2/c1-16-9-13-4-3-5-14(8-13)12-21(18,19)17(2)10-15-6-7-20-11-15/h3-8,11,16H,9-10,12H2,1-2H3. The van der Waals surface area contributed by atoms with Crippen LogP contribution < -0.4 is 5.32 Å². The minimum Gasteiger partial charge on any atom is -0.316 e. The van der Waals surface area contributed by atoms with E-state index >= 15 is 0 Å². The molecule has 0 aliphatic carbocycles. The number of hydrogen-bond donors (Lipinski definition) is 1. The van der Waals surface area contributed by atoms with Crippen molar-refractivity contribution in [3.05, 3.63) is 57.8 Å². The molecule has 21 heavy (non-hydrogen) atoms. The Balaban J connectivity index is 2.07. The van der Waals surface area contributed by atoms with Gasteiger partial charge in [0.25, 0.3) is 0 Å². The minimum atomic E-state index is -3.30. The summed E-state index contributed by atoms with van der Waals surface area (Å²) in [6.45, 7) is 1.15. The van der Waals surface area contributed by atoms with Crippen LogP contribution in [0.15, 0.2) is 41.1 Å². The molecule has 6 heteroatoms. The molecule has 2 aromatic rings. The largest absolute Gasteiger partial charge is 0.316 e. The molecule has 2 rings (SSSR count). The van der Waals surface area contributed by atoms with Crippen molar-refractivity contribution in [2.45, 2.75) is 18.8 Å². The summed E-state index contributed by atoms with van der Waals surface area (Å²) >= 11 is 1.58. The van der Waals surface area contributed by atoms with Crippen molar-refractivity contribution in [1.29, 1.82) is 0 Å². The van der Waals surface area contributed by atoms with E-state index in [-0.39, 0.29) is 5.75 Å². The number of sulfonamides is 1. The fourth-order valence-corrected chi connectivity index (χ4v) is 3.92. The van der Waals surface area contributed by atoms with Crippen molar-refractivity contribution in [3.8, 4) is 0 Å². The number of hydrogen-bond acceptors (Lipinski definition) is 4. The molecule has 1 N–H and O–H groups in total. The van der Waals surface area contributed by atoms with Crippen LogP contribution in [0.5, 0.6) is 0 Å². The first kappa shape index (κ1) is 16.2. The molecule has 0 radical (unpaired) electrons. The zero-order chi connectivity index (χ0) is 15.3. The lowest BCUT2D eigenvalue weighted by Gasteiger charge is -2.17. The average molecular weight is 324 g/mol. The summed E-state index contributed by atoms with van der Waals surface area (Å²) in [7, 11) is 0.199. The van der Waals surface area contributed by atoms with Gasteiger partial charge in [0.05, 0.1) is 5.75 Å². The molecule has 0 spiro atoms. The van der Waals surface area contributed by atoms with Gasteiger partial charge in [0.15, 0.2) is 0 Å². The zero-order valence-corrected chi connectivity index (χ0v) is 13.9. The highest BCUT2D eigenvalue weighted by molar-refractivity contribution is 7.88. The van der Waals surface area contributed by atoms with Crippen LogP contribution in [0.25, 0.3) is 0 Å². The van der Waals surface area contributed by atoms with E-state index in [1.807, 2.05) is 48.1 Å². The van der Waals surface area contributed by atoms with E-state index in [2.05, 4.69) is 5.32 Å². The van der Waals surface area contributed by atoms with Gasteiger partial charge in [-0.05, 0) is 40.6 Å². The van der Waals surface area contributed by atoms with Crippen molar-refractivity contribution in [3.63, 3.8) is 0 Å². The second-order valence-corrected chi connectivity index (χ2v) is 7.85. The smallest absolute Gasteiger partial charge is 0.218 e. The summed E-state index contributed by atoms with van der Waals surface area (Å²) < 4.78 is 26.2. The first-order valence-corrected chi connectivity index (χ1v) is 9.24. The molecule has 0 saturated heterocycles. The molecule has 0 aliphatic heterocycles. The summed E-state index contributed by atoms with van der Waals surface area (Å²) in [4.78, 5) is 0. The van der Waals surface area contributed by atoms with Crippen LogP contribution in [-0.4, -0.2) is 26.8 Å². The van der Waals surface area contributed by atoms with Crippen LogP contribution in [0.3, 0.4) is 0 Å². The minimum absolute atomic E-state index is 0.0329. The fourth-order valence-electron chi connectivity index (χ4n) is 2.09. The lowest BCUT2D eigenvalue weighted by Crippen LogP contribution is -2.27. The molecule has 4 nitrogen and oxygen atoms in total. The fraction of sp³-hybridized carbons (Fsp3) is 0.333. The predicted octanol–water partition coefficient (Wildman–Crippen LogP) is 2.43. The van der Waals surface area contributed by atoms with Crippen LogP contribution >= 0.6 is 11.3 Å². The molecule has 0 atom stereocenters. The van der Waals surface area contributed by atoms with Gasteiger partial charge in [0.1, 0.15) is 0 Å². The maximum Gasteiger partial charge on any atom is 0.218 e. The summed E-state index contributed by atoms with van der Waals surface area (Å²) in [5, 5.41) is 6.99. The highest BCUT2D eigenvalue weighted by Gasteiger charge is 2.19. The van der Waals surface area contributed by atoms with E-state index in [0.717, 1.165) is 23.2 Å². The van der Waals surface area contributed by atoms with Gasteiger partial charge >= 0.3 is 0 Å². The number of benzene rings is 1. The van der Waals surface area contributed by atoms with Gasteiger partial charge < -0.3 is 5.32 Å². The molecule has 1 heterocycles. The molecule has 0 fully saturated rings. The van der Waals surface area contributed by atoms with Crippen molar-refractivity contribution in [1.82, 2.24) is 9.62 Å². The van der Waals surface area contributed by atoms with E-state index in [0.29, 0.717) is 6.54 Å². The Morgan fingerprint density at radius 1 is 1.19 bits per heavy atom. The summed E-state index contributed by atoms with van der Waals surface area (Å²) in [5.74, 6) is 0.0329. The lowest BCUT2D eigenvalue weighted by molar-refractivity contribution is 0.466. The van der Waals surface area contributed by atoms with Gasteiger partial charge in [0.2, 0.25) is 10.0 Å². The second kappa shape index (κ2) is 7.17. The quantitative estimate of drug-likeness (QED) is 0.851. The van der Waals surface area contributed by atoms with Crippen molar-refractivity contribution >= 4 is 21.4 Å². The van der Waals surface area contributed by atoms with Gasteiger partial charge in [-0.15, -0.1) is 0 Å². The first-order chi connectivity index (χ1) is 10.0. The topological polar surface area (TPSA) is 49.4 Å². The van der Waals surface area contributed by atoms with Crippen LogP contribution in [0.1, 0.15) is 16.7 Å². The van der Waals surface area contributed by atoms with Gasteiger partial charge in [-0.25, -0.2) is 12.7 Å². The number of nitrogens with one attached hydrogen (secondary N) is 1. The van der Waals surface area contributed by atoms with E-state index < -0.39 is 10.0 Å².